The van der Waals surface area contributed by atoms with E-state index in [1.807, 2.05) is 0 Å². The molecule has 0 aliphatic carbocycles. The Kier molecular flexibility index (Phi) is 6.14. The topological polar surface area (TPSA) is 0 Å². The van der Waals surface area contributed by atoms with Crippen LogP contribution >= 0.6 is 0 Å². The molecule has 0 rings (SSSR count). The van der Waals surface area contributed by atoms with Crippen molar-refractivity contribution in [2.45, 2.75) is 53.4 Å². The van der Waals surface area contributed by atoms with Crippen molar-refractivity contribution in [2.75, 3.05) is 0 Å². The first-order chi connectivity index (χ1) is 5.57. The van der Waals surface area contributed by atoms with Gasteiger partial charge in [0.15, 0.2) is 0 Å². The molecule has 72 valence electrons. The van der Waals surface area contributed by atoms with E-state index in [1.165, 1.54) is 31.3 Å². The first kappa shape index (κ1) is 11.7. The molecule has 0 spiro atoms. The lowest BCUT2D eigenvalue weighted by Gasteiger charge is -2.19. The number of hydrogen-bond acceptors (Lipinski definition) is 0. The van der Waals surface area contributed by atoms with Gasteiger partial charge in [-0.15, -0.1) is 6.58 Å². The van der Waals surface area contributed by atoms with Crippen LogP contribution in [0.3, 0.4) is 0 Å². The van der Waals surface area contributed by atoms with Gasteiger partial charge in [-0.1, -0.05) is 45.6 Å². The highest BCUT2D eigenvalue weighted by Gasteiger charge is 2.10. The van der Waals surface area contributed by atoms with Crippen LogP contribution in [0.15, 0.2) is 12.2 Å². The molecule has 0 aromatic heterocycles. The highest BCUT2D eigenvalue weighted by atomic mass is 14.2. The molecule has 0 aromatic rings. The highest BCUT2D eigenvalue weighted by Crippen LogP contribution is 2.23. The van der Waals surface area contributed by atoms with E-state index in [1.54, 1.807) is 0 Å². The molecule has 0 amide bonds. The van der Waals surface area contributed by atoms with Gasteiger partial charge in [0.05, 0.1) is 0 Å². The van der Waals surface area contributed by atoms with E-state index in [-0.39, 0.29) is 0 Å². The summed E-state index contributed by atoms with van der Waals surface area (Å²) in [6, 6.07) is 0. The Hall–Kier alpha value is -0.260. The first-order valence-corrected chi connectivity index (χ1v) is 5.22. The predicted octanol–water partition coefficient (Wildman–Crippen LogP) is 4.42. The quantitative estimate of drug-likeness (QED) is 0.515. The summed E-state index contributed by atoms with van der Waals surface area (Å²) < 4.78 is 0. The number of rotatable bonds is 6. The molecular formula is C12H24. The van der Waals surface area contributed by atoms with E-state index in [2.05, 4.69) is 34.3 Å². The van der Waals surface area contributed by atoms with Crippen LogP contribution in [0.25, 0.3) is 0 Å². The normalized spacial score (nSPS) is 15.7. The van der Waals surface area contributed by atoms with E-state index in [0.717, 1.165) is 11.8 Å². The van der Waals surface area contributed by atoms with Crippen molar-refractivity contribution in [3.63, 3.8) is 0 Å². The van der Waals surface area contributed by atoms with Gasteiger partial charge in [0.1, 0.15) is 0 Å². The molecule has 0 heterocycles. The SMILES string of the molecule is C=C(C)CC(C)C(C)CCCC. The van der Waals surface area contributed by atoms with Crippen LogP contribution in [0.2, 0.25) is 0 Å². The zero-order valence-electron chi connectivity index (χ0n) is 9.19. The van der Waals surface area contributed by atoms with Gasteiger partial charge in [0, 0.05) is 0 Å². The van der Waals surface area contributed by atoms with Crippen LogP contribution in [0, 0.1) is 11.8 Å². The maximum absolute atomic E-state index is 3.96. The Labute approximate surface area is 78.1 Å². The second-order valence-corrected chi connectivity index (χ2v) is 4.26. The lowest BCUT2D eigenvalue weighted by Crippen LogP contribution is -2.08. The van der Waals surface area contributed by atoms with E-state index in [0.29, 0.717) is 0 Å². The zero-order valence-corrected chi connectivity index (χ0v) is 9.19. The van der Waals surface area contributed by atoms with Gasteiger partial charge in [-0.05, 0) is 25.2 Å². The lowest BCUT2D eigenvalue weighted by atomic mass is 9.87. The van der Waals surface area contributed by atoms with Crippen LogP contribution in [-0.2, 0) is 0 Å². The van der Waals surface area contributed by atoms with Crippen LogP contribution < -0.4 is 0 Å². The highest BCUT2D eigenvalue weighted by molar-refractivity contribution is 4.90. The second-order valence-electron chi connectivity index (χ2n) is 4.26. The maximum Gasteiger partial charge on any atom is -0.0297 e. The average Bonchev–Trinajstić information content (AvgIpc) is 1.98. The van der Waals surface area contributed by atoms with Crippen molar-refractivity contribution in [2.24, 2.45) is 11.8 Å². The second kappa shape index (κ2) is 6.28. The summed E-state index contributed by atoms with van der Waals surface area (Å²) in [5.41, 5.74) is 1.32. The van der Waals surface area contributed by atoms with Crippen LogP contribution in [-0.4, -0.2) is 0 Å². The molecule has 0 heteroatoms. The van der Waals surface area contributed by atoms with Crippen LogP contribution in [0.4, 0.5) is 0 Å². The molecule has 12 heavy (non-hydrogen) atoms. The smallest absolute Gasteiger partial charge is 0.0297 e. The van der Waals surface area contributed by atoms with E-state index < -0.39 is 0 Å². The molecular weight excluding hydrogens is 144 g/mol. The van der Waals surface area contributed by atoms with Crippen molar-refractivity contribution in [3.05, 3.63) is 12.2 Å². The Morgan fingerprint density at radius 3 is 2.25 bits per heavy atom. The maximum atomic E-state index is 3.96. The fraction of sp³-hybridized carbons (Fsp3) is 0.833. The van der Waals surface area contributed by atoms with Gasteiger partial charge < -0.3 is 0 Å². The number of unbranched alkanes of at least 4 members (excludes halogenated alkanes) is 1. The lowest BCUT2D eigenvalue weighted by molar-refractivity contribution is 0.353. The Morgan fingerprint density at radius 2 is 1.83 bits per heavy atom. The van der Waals surface area contributed by atoms with Gasteiger partial charge in [-0.3, -0.25) is 0 Å². The van der Waals surface area contributed by atoms with E-state index >= 15 is 0 Å². The fourth-order valence-corrected chi connectivity index (χ4v) is 1.56. The number of hydrogen-bond donors (Lipinski definition) is 0. The Balaban J connectivity index is 3.60. The summed E-state index contributed by atoms with van der Waals surface area (Å²) >= 11 is 0. The standard InChI is InChI=1S/C12H24/c1-6-7-8-11(4)12(5)9-10(2)3/h11-12H,2,6-9H2,1,3-5H3. The third kappa shape index (κ3) is 5.40. The largest absolute Gasteiger partial charge is 0.100 e. The average molecular weight is 168 g/mol. The Morgan fingerprint density at radius 1 is 1.25 bits per heavy atom. The summed E-state index contributed by atoms with van der Waals surface area (Å²) in [5.74, 6) is 1.68. The molecule has 0 N–H and O–H groups in total. The molecule has 2 atom stereocenters. The monoisotopic (exact) mass is 168 g/mol. The zero-order chi connectivity index (χ0) is 9.56. The van der Waals surface area contributed by atoms with Crippen LogP contribution in [0.5, 0.6) is 0 Å². The summed E-state index contributed by atoms with van der Waals surface area (Å²) in [7, 11) is 0. The van der Waals surface area contributed by atoms with Crippen molar-refractivity contribution in [3.8, 4) is 0 Å². The fourth-order valence-electron chi connectivity index (χ4n) is 1.56. The van der Waals surface area contributed by atoms with Crippen LogP contribution in [0.1, 0.15) is 53.4 Å². The minimum atomic E-state index is 0.814. The molecule has 0 aromatic carbocycles. The molecule has 0 bridgehead atoms. The number of allylic oxidation sites excluding steroid dienone is 1. The third-order valence-electron chi connectivity index (χ3n) is 2.65. The third-order valence-corrected chi connectivity index (χ3v) is 2.65. The van der Waals surface area contributed by atoms with Gasteiger partial charge in [-0.2, -0.15) is 0 Å². The molecule has 0 aliphatic rings. The van der Waals surface area contributed by atoms with Gasteiger partial charge in [0.25, 0.3) is 0 Å². The molecule has 0 fully saturated rings. The van der Waals surface area contributed by atoms with Gasteiger partial charge >= 0.3 is 0 Å². The molecule has 2 unspecified atom stereocenters. The first-order valence-electron chi connectivity index (χ1n) is 5.22. The summed E-state index contributed by atoms with van der Waals surface area (Å²) in [6.45, 7) is 13.1. The molecule has 0 nitrogen and oxygen atoms in total. The van der Waals surface area contributed by atoms with Crippen molar-refractivity contribution in [1.82, 2.24) is 0 Å². The Bertz CT molecular complexity index is 124. The predicted molar refractivity (Wildman–Crippen MR) is 57.3 cm³/mol. The summed E-state index contributed by atoms with van der Waals surface area (Å²) in [6.07, 6.45) is 5.28. The minimum Gasteiger partial charge on any atom is -0.100 e. The molecule has 0 radical (unpaired) electrons. The van der Waals surface area contributed by atoms with Crippen molar-refractivity contribution < 1.29 is 0 Å². The summed E-state index contributed by atoms with van der Waals surface area (Å²) in [5, 5.41) is 0. The van der Waals surface area contributed by atoms with Crippen molar-refractivity contribution in [1.29, 1.82) is 0 Å². The molecule has 0 aliphatic heterocycles. The minimum absolute atomic E-state index is 0.814. The molecule has 0 saturated heterocycles. The molecule has 0 saturated carbocycles. The van der Waals surface area contributed by atoms with Gasteiger partial charge in [0.2, 0.25) is 0 Å². The van der Waals surface area contributed by atoms with Crippen molar-refractivity contribution >= 4 is 0 Å². The summed E-state index contributed by atoms with van der Waals surface area (Å²) in [4.78, 5) is 0. The van der Waals surface area contributed by atoms with E-state index in [9.17, 15) is 0 Å². The van der Waals surface area contributed by atoms with E-state index in [4.69, 9.17) is 0 Å². The van der Waals surface area contributed by atoms with Gasteiger partial charge in [-0.25, -0.2) is 0 Å².